The zero-order valence-corrected chi connectivity index (χ0v) is 11.6. The summed E-state index contributed by atoms with van der Waals surface area (Å²) in [6.07, 6.45) is 2.05. The highest BCUT2D eigenvalue weighted by Crippen LogP contribution is 2.16. The van der Waals surface area contributed by atoms with Gasteiger partial charge in [0.05, 0.1) is 17.7 Å². The molecule has 2 unspecified atom stereocenters. The zero-order valence-electron chi connectivity index (χ0n) is 10.8. The molecule has 2 N–H and O–H groups in total. The summed E-state index contributed by atoms with van der Waals surface area (Å²) in [6, 6.07) is 3.34. The number of nitrogens with zero attached hydrogens (tertiary/aromatic N) is 2. The average Bonchev–Trinajstić information content (AvgIpc) is 2.37. The van der Waals surface area contributed by atoms with Crippen LogP contribution in [0.3, 0.4) is 0 Å². The Hall–Kier alpha value is -1.17. The fraction of sp³-hybridized carbons (Fsp3) is 0.538. The standard InChI is InChI=1S/C13H18ClN3O2/c1-9-4-5-17(7-11(9)18)8-13(19)16-12-3-2-10(14)6-15-12/h2-3,6,9,11,18H,4-5,7-8H2,1H3,(H,15,16,19). The highest BCUT2D eigenvalue weighted by Gasteiger charge is 2.25. The van der Waals surface area contributed by atoms with Crippen LogP contribution in [0.25, 0.3) is 0 Å². The lowest BCUT2D eigenvalue weighted by molar-refractivity contribution is -0.118. The van der Waals surface area contributed by atoms with Crippen LogP contribution in [-0.4, -0.2) is 46.6 Å². The SMILES string of the molecule is CC1CCN(CC(=O)Nc2ccc(Cl)cn2)CC1O. The fourth-order valence-corrected chi connectivity index (χ4v) is 2.20. The normalized spacial score (nSPS) is 24.2. The maximum absolute atomic E-state index is 11.8. The average molecular weight is 284 g/mol. The van der Waals surface area contributed by atoms with Gasteiger partial charge in [0.2, 0.25) is 5.91 Å². The summed E-state index contributed by atoms with van der Waals surface area (Å²) in [4.78, 5) is 17.8. The second-order valence-corrected chi connectivity index (χ2v) is 5.41. The lowest BCUT2D eigenvalue weighted by atomic mass is 9.96. The van der Waals surface area contributed by atoms with Crippen LogP contribution >= 0.6 is 11.6 Å². The number of hydrogen-bond acceptors (Lipinski definition) is 4. The van der Waals surface area contributed by atoms with Crippen LogP contribution in [0.2, 0.25) is 5.02 Å². The molecule has 0 saturated carbocycles. The van der Waals surface area contributed by atoms with Crippen LogP contribution in [0.15, 0.2) is 18.3 Å². The Morgan fingerprint density at radius 3 is 3.05 bits per heavy atom. The van der Waals surface area contributed by atoms with Gasteiger partial charge in [0.15, 0.2) is 0 Å². The van der Waals surface area contributed by atoms with Crippen LogP contribution in [0.4, 0.5) is 5.82 Å². The predicted octanol–water partition coefficient (Wildman–Crippen LogP) is 1.38. The molecule has 6 heteroatoms. The van der Waals surface area contributed by atoms with Crippen molar-refractivity contribution in [1.82, 2.24) is 9.88 Å². The first-order valence-electron chi connectivity index (χ1n) is 6.36. The van der Waals surface area contributed by atoms with Gasteiger partial charge in [-0.3, -0.25) is 9.69 Å². The number of anilines is 1. The third-order valence-corrected chi connectivity index (χ3v) is 3.59. The van der Waals surface area contributed by atoms with Gasteiger partial charge in [-0.1, -0.05) is 18.5 Å². The number of aliphatic hydroxyl groups is 1. The number of amides is 1. The summed E-state index contributed by atoms with van der Waals surface area (Å²) < 4.78 is 0. The van der Waals surface area contributed by atoms with Crippen LogP contribution in [0.5, 0.6) is 0 Å². The minimum absolute atomic E-state index is 0.128. The van der Waals surface area contributed by atoms with Crippen molar-refractivity contribution in [3.8, 4) is 0 Å². The van der Waals surface area contributed by atoms with E-state index < -0.39 is 0 Å². The Labute approximate surface area is 117 Å². The van der Waals surface area contributed by atoms with E-state index in [-0.39, 0.29) is 18.6 Å². The highest BCUT2D eigenvalue weighted by molar-refractivity contribution is 6.30. The van der Waals surface area contributed by atoms with E-state index in [4.69, 9.17) is 11.6 Å². The van der Waals surface area contributed by atoms with E-state index in [9.17, 15) is 9.90 Å². The van der Waals surface area contributed by atoms with Crippen molar-refractivity contribution < 1.29 is 9.90 Å². The quantitative estimate of drug-likeness (QED) is 0.879. The van der Waals surface area contributed by atoms with Crippen molar-refractivity contribution in [3.05, 3.63) is 23.4 Å². The Morgan fingerprint density at radius 1 is 1.63 bits per heavy atom. The summed E-state index contributed by atoms with van der Waals surface area (Å²) >= 11 is 5.72. The lowest BCUT2D eigenvalue weighted by Crippen LogP contribution is -2.45. The third kappa shape index (κ3) is 4.16. The molecule has 2 heterocycles. The molecule has 5 nitrogen and oxygen atoms in total. The van der Waals surface area contributed by atoms with Gasteiger partial charge in [0.25, 0.3) is 0 Å². The maximum atomic E-state index is 11.8. The predicted molar refractivity (Wildman–Crippen MR) is 74.1 cm³/mol. The molecule has 1 aromatic heterocycles. The molecular formula is C13H18ClN3O2. The molecule has 2 rings (SSSR count). The number of nitrogens with one attached hydrogen (secondary N) is 1. The summed E-state index contributed by atoms with van der Waals surface area (Å²) in [5, 5.41) is 13.0. The molecule has 1 saturated heterocycles. The molecule has 1 aliphatic heterocycles. The molecule has 0 spiro atoms. The van der Waals surface area contributed by atoms with Gasteiger partial charge < -0.3 is 10.4 Å². The first kappa shape index (κ1) is 14.2. The summed E-state index contributed by atoms with van der Waals surface area (Å²) in [5.41, 5.74) is 0. The molecular weight excluding hydrogens is 266 g/mol. The van der Waals surface area contributed by atoms with Crippen molar-refractivity contribution in [3.63, 3.8) is 0 Å². The molecule has 0 radical (unpaired) electrons. The van der Waals surface area contributed by atoms with E-state index in [0.29, 0.717) is 23.3 Å². The largest absolute Gasteiger partial charge is 0.392 e. The van der Waals surface area contributed by atoms with Crippen molar-refractivity contribution in [1.29, 1.82) is 0 Å². The van der Waals surface area contributed by atoms with Crippen LogP contribution in [0.1, 0.15) is 13.3 Å². The number of aliphatic hydroxyl groups excluding tert-OH is 1. The van der Waals surface area contributed by atoms with Gasteiger partial charge >= 0.3 is 0 Å². The van der Waals surface area contributed by atoms with Gasteiger partial charge in [-0.15, -0.1) is 0 Å². The second kappa shape index (κ2) is 6.32. The number of aromatic nitrogens is 1. The summed E-state index contributed by atoms with van der Waals surface area (Å²) in [6.45, 7) is 3.68. The zero-order chi connectivity index (χ0) is 13.8. The van der Waals surface area contributed by atoms with Crippen molar-refractivity contribution in [2.24, 2.45) is 5.92 Å². The number of hydrogen-bond donors (Lipinski definition) is 2. The number of pyridine rings is 1. The molecule has 1 aliphatic rings. The molecule has 2 atom stereocenters. The smallest absolute Gasteiger partial charge is 0.239 e. The maximum Gasteiger partial charge on any atom is 0.239 e. The molecule has 0 aliphatic carbocycles. The Balaban J connectivity index is 1.83. The number of carbonyl (C=O) groups is 1. The third-order valence-electron chi connectivity index (χ3n) is 3.36. The minimum Gasteiger partial charge on any atom is -0.392 e. The molecule has 1 fully saturated rings. The number of halogens is 1. The number of β-amino-alcohol motifs (C(OH)–C–C–N with tert-alkyl or cyclic N) is 1. The van der Waals surface area contributed by atoms with E-state index in [2.05, 4.69) is 10.3 Å². The Kier molecular flexibility index (Phi) is 4.74. The van der Waals surface area contributed by atoms with Crippen LogP contribution < -0.4 is 5.32 Å². The lowest BCUT2D eigenvalue weighted by Gasteiger charge is -2.33. The van der Waals surface area contributed by atoms with Crippen LogP contribution in [-0.2, 0) is 4.79 Å². The van der Waals surface area contributed by atoms with Crippen molar-refractivity contribution in [2.45, 2.75) is 19.4 Å². The number of likely N-dealkylation sites (tertiary alicyclic amines) is 1. The topological polar surface area (TPSA) is 65.5 Å². The summed E-state index contributed by atoms with van der Waals surface area (Å²) in [7, 11) is 0. The first-order valence-corrected chi connectivity index (χ1v) is 6.74. The van der Waals surface area contributed by atoms with Gasteiger partial charge in [0.1, 0.15) is 5.82 Å². The van der Waals surface area contributed by atoms with E-state index in [1.165, 1.54) is 6.20 Å². The van der Waals surface area contributed by atoms with Gasteiger partial charge in [-0.2, -0.15) is 0 Å². The van der Waals surface area contributed by atoms with Gasteiger partial charge in [-0.25, -0.2) is 4.98 Å². The van der Waals surface area contributed by atoms with E-state index >= 15 is 0 Å². The number of carbonyl (C=O) groups excluding carboxylic acids is 1. The second-order valence-electron chi connectivity index (χ2n) is 4.98. The molecule has 0 aromatic carbocycles. The van der Waals surface area contributed by atoms with E-state index in [1.807, 2.05) is 11.8 Å². The Morgan fingerprint density at radius 2 is 2.42 bits per heavy atom. The van der Waals surface area contributed by atoms with Crippen molar-refractivity contribution in [2.75, 3.05) is 25.0 Å². The van der Waals surface area contributed by atoms with Gasteiger partial charge in [0, 0.05) is 12.7 Å². The monoisotopic (exact) mass is 283 g/mol. The molecule has 1 amide bonds. The Bertz CT molecular complexity index is 438. The number of piperidine rings is 1. The van der Waals surface area contributed by atoms with Gasteiger partial charge in [-0.05, 0) is 31.0 Å². The molecule has 19 heavy (non-hydrogen) atoms. The van der Waals surface area contributed by atoms with E-state index in [0.717, 1.165) is 13.0 Å². The fourth-order valence-electron chi connectivity index (χ4n) is 2.09. The van der Waals surface area contributed by atoms with Crippen molar-refractivity contribution >= 4 is 23.3 Å². The van der Waals surface area contributed by atoms with Crippen LogP contribution in [0, 0.1) is 5.92 Å². The molecule has 104 valence electrons. The molecule has 1 aromatic rings. The summed E-state index contributed by atoms with van der Waals surface area (Å²) in [5.74, 6) is 0.661. The minimum atomic E-state index is -0.352. The highest BCUT2D eigenvalue weighted by atomic mass is 35.5. The molecule has 0 bridgehead atoms. The number of rotatable bonds is 3. The first-order chi connectivity index (χ1) is 9.04. The van der Waals surface area contributed by atoms with E-state index in [1.54, 1.807) is 12.1 Å².